The summed E-state index contributed by atoms with van der Waals surface area (Å²) < 4.78 is 28.3. The van der Waals surface area contributed by atoms with Crippen molar-refractivity contribution in [1.82, 2.24) is 0 Å². The van der Waals surface area contributed by atoms with E-state index in [2.05, 4.69) is 24.8 Å². The van der Waals surface area contributed by atoms with Crippen LogP contribution in [0.2, 0.25) is 0 Å². The smallest absolute Gasteiger partial charge is 0.338 e. The standard InChI is InChI=1S/C24H29IO6/c1-3-11-27-23-14-20(31-25)13-21(30-23)16-29-24(26)22-10-9-19(12-17(22)2)28-15-18-7-5-4-6-8-18/h3,5,7-10,12,20-21,23H,1,4,6,11,13-16H2,2H3/t20-,21-,23+/m0/s1. The van der Waals surface area contributed by atoms with E-state index in [-0.39, 0.29) is 24.8 Å². The van der Waals surface area contributed by atoms with Gasteiger partial charge in [-0.05, 0) is 49.1 Å². The number of allylic oxidation sites excluding steroid dienone is 2. The zero-order valence-electron chi connectivity index (χ0n) is 17.8. The number of rotatable bonds is 10. The van der Waals surface area contributed by atoms with E-state index < -0.39 is 6.29 Å². The highest BCUT2D eigenvalue weighted by molar-refractivity contribution is 14.1. The van der Waals surface area contributed by atoms with Crippen molar-refractivity contribution >= 4 is 29.0 Å². The topological polar surface area (TPSA) is 63.2 Å². The molecule has 1 fully saturated rings. The third kappa shape index (κ3) is 7.45. The summed E-state index contributed by atoms with van der Waals surface area (Å²) in [6, 6.07) is 5.40. The molecule has 0 spiro atoms. The highest BCUT2D eigenvalue weighted by Crippen LogP contribution is 2.25. The van der Waals surface area contributed by atoms with Crippen LogP contribution in [0.1, 0.15) is 41.6 Å². The van der Waals surface area contributed by atoms with Gasteiger partial charge in [0.05, 0.1) is 24.4 Å². The summed E-state index contributed by atoms with van der Waals surface area (Å²) in [7, 11) is 0. The van der Waals surface area contributed by atoms with Crippen molar-refractivity contribution in [2.75, 3.05) is 19.8 Å². The Bertz CT molecular complexity index is 818. The van der Waals surface area contributed by atoms with E-state index in [4.69, 9.17) is 22.0 Å². The summed E-state index contributed by atoms with van der Waals surface area (Å²) in [5, 5.41) is 0. The maximum absolute atomic E-state index is 12.6. The minimum Gasteiger partial charge on any atom is -0.489 e. The molecule has 1 heterocycles. The Labute approximate surface area is 197 Å². The Morgan fingerprint density at radius 3 is 2.90 bits per heavy atom. The lowest BCUT2D eigenvalue weighted by Gasteiger charge is -2.33. The lowest BCUT2D eigenvalue weighted by Crippen LogP contribution is -2.40. The van der Waals surface area contributed by atoms with Crippen molar-refractivity contribution < 1.29 is 26.8 Å². The van der Waals surface area contributed by atoms with Crippen LogP contribution in [0.3, 0.4) is 0 Å². The minimum absolute atomic E-state index is 0.0137. The van der Waals surface area contributed by atoms with Gasteiger partial charge in [0.15, 0.2) is 6.29 Å². The van der Waals surface area contributed by atoms with Crippen molar-refractivity contribution in [2.45, 2.75) is 51.1 Å². The predicted molar refractivity (Wildman–Crippen MR) is 126 cm³/mol. The van der Waals surface area contributed by atoms with E-state index >= 15 is 0 Å². The van der Waals surface area contributed by atoms with Crippen LogP contribution < -0.4 is 4.74 Å². The predicted octanol–water partition coefficient (Wildman–Crippen LogP) is 5.25. The molecule has 0 bridgehead atoms. The fourth-order valence-electron chi connectivity index (χ4n) is 3.54. The Balaban J connectivity index is 1.51. The van der Waals surface area contributed by atoms with E-state index in [0.717, 1.165) is 24.2 Å². The Hall–Kier alpha value is -1.68. The molecule has 0 aromatic heterocycles. The van der Waals surface area contributed by atoms with Crippen molar-refractivity contribution in [3.8, 4) is 5.75 Å². The molecule has 0 unspecified atom stereocenters. The van der Waals surface area contributed by atoms with Crippen LogP contribution in [0.5, 0.6) is 5.75 Å². The van der Waals surface area contributed by atoms with Gasteiger partial charge < -0.3 is 22.0 Å². The van der Waals surface area contributed by atoms with Crippen LogP contribution in [0.25, 0.3) is 0 Å². The lowest BCUT2D eigenvalue weighted by atomic mass is 10.1. The molecule has 0 N–H and O–H groups in total. The van der Waals surface area contributed by atoms with Gasteiger partial charge >= 0.3 is 5.97 Å². The van der Waals surface area contributed by atoms with E-state index in [1.807, 2.05) is 36.0 Å². The molecule has 1 aromatic carbocycles. The van der Waals surface area contributed by atoms with Crippen LogP contribution in [0.15, 0.2) is 54.7 Å². The van der Waals surface area contributed by atoms with Gasteiger partial charge in [-0.2, -0.15) is 0 Å². The molecular weight excluding hydrogens is 511 g/mol. The number of hydrogen-bond acceptors (Lipinski definition) is 6. The summed E-state index contributed by atoms with van der Waals surface area (Å²) in [6.45, 7) is 6.58. The first kappa shape index (κ1) is 24.0. The van der Waals surface area contributed by atoms with Crippen LogP contribution in [-0.4, -0.2) is 44.3 Å². The van der Waals surface area contributed by atoms with E-state index in [0.29, 0.717) is 31.6 Å². The lowest BCUT2D eigenvalue weighted by molar-refractivity contribution is -0.211. The number of carbonyl (C=O) groups is 1. The average Bonchev–Trinajstić information content (AvgIpc) is 2.80. The molecule has 0 amide bonds. The first-order chi connectivity index (χ1) is 15.1. The largest absolute Gasteiger partial charge is 0.489 e. The normalized spacial score (nSPS) is 23.2. The van der Waals surface area contributed by atoms with Gasteiger partial charge in [-0.25, -0.2) is 4.79 Å². The molecular formula is C24H29IO6. The maximum Gasteiger partial charge on any atom is 0.338 e. The zero-order valence-corrected chi connectivity index (χ0v) is 19.9. The second-order valence-electron chi connectivity index (χ2n) is 7.61. The Kier molecular flexibility index (Phi) is 9.57. The van der Waals surface area contributed by atoms with E-state index in [1.165, 1.54) is 5.57 Å². The summed E-state index contributed by atoms with van der Waals surface area (Å²) in [6.07, 6.45) is 10.8. The van der Waals surface area contributed by atoms with Gasteiger partial charge in [-0.3, -0.25) is 0 Å². The van der Waals surface area contributed by atoms with Crippen molar-refractivity contribution in [1.29, 1.82) is 0 Å². The van der Waals surface area contributed by atoms with Gasteiger partial charge in [0.1, 0.15) is 42.0 Å². The van der Waals surface area contributed by atoms with Gasteiger partial charge in [0, 0.05) is 12.8 Å². The van der Waals surface area contributed by atoms with Crippen molar-refractivity contribution in [2.24, 2.45) is 0 Å². The highest BCUT2D eigenvalue weighted by Gasteiger charge is 2.31. The zero-order chi connectivity index (χ0) is 22.1. The van der Waals surface area contributed by atoms with E-state index in [1.54, 1.807) is 18.2 Å². The SMILES string of the molecule is C=CCO[C@H]1C[C@@H](OI)C[C@@H](COC(=O)c2ccc(OCC3=CCCC=C3)cc2C)O1. The molecule has 0 radical (unpaired) electrons. The first-order valence-corrected chi connectivity index (χ1v) is 11.4. The van der Waals surface area contributed by atoms with Crippen molar-refractivity contribution in [3.05, 3.63) is 65.8 Å². The molecule has 3 atom stereocenters. The number of esters is 1. The molecule has 0 saturated carbocycles. The Morgan fingerprint density at radius 2 is 2.19 bits per heavy atom. The molecule has 31 heavy (non-hydrogen) atoms. The number of ether oxygens (including phenoxy) is 4. The van der Waals surface area contributed by atoms with Crippen molar-refractivity contribution in [3.63, 3.8) is 0 Å². The van der Waals surface area contributed by atoms with Crippen LogP contribution in [-0.2, 0) is 17.3 Å². The molecule has 1 aliphatic heterocycles. The summed E-state index contributed by atoms with van der Waals surface area (Å²) in [5.41, 5.74) is 2.49. The minimum atomic E-state index is -0.400. The van der Waals surface area contributed by atoms with Gasteiger partial charge in [-0.15, -0.1) is 6.58 Å². The van der Waals surface area contributed by atoms with Crippen LogP contribution >= 0.6 is 23.0 Å². The third-order valence-corrected chi connectivity index (χ3v) is 5.87. The third-order valence-electron chi connectivity index (χ3n) is 5.15. The average molecular weight is 540 g/mol. The molecule has 168 valence electrons. The highest BCUT2D eigenvalue weighted by atomic mass is 127. The fraction of sp³-hybridized carbons (Fsp3) is 0.458. The second kappa shape index (κ2) is 12.4. The number of benzene rings is 1. The summed E-state index contributed by atoms with van der Waals surface area (Å²) in [5.74, 6) is 0.348. The van der Waals surface area contributed by atoms with Gasteiger partial charge in [0.25, 0.3) is 0 Å². The quantitative estimate of drug-likeness (QED) is 0.230. The number of aryl methyl sites for hydroxylation is 1. The van der Waals surface area contributed by atoms with E-state index in [9.17, 15) is 4.79 Å². The second-order valence-corrected chi connectivity index (χ2v) is 8.12. The number of hydrogen-bond donors (Lipinski definition) is 0. The van der Waals surface area contributed by atoms with Gasteiger partial charge in [-0.1, -0.05) is 24.3 Å². The number of carbonyl (C=O) groups excluding carboxylic acids is 1. The summed E-state index contributed by atoms with van der Waals surface area (Å²) in [4.78, 5) is 12.6. The molecule has 1 aromatic rings. The Morgan fingerprint density at radius 1 is 1.32 bits per heavy atom. The first-order valence-electron chi connectivity index (χ1n) is 10.5. The molecule has 1 saturated heterocycles. The monoisotopic (exact) mass is 540 g/mol. The maximum atomic E-state index is 12.6. The fourth-order valence-corrected chi connectivity index (χ4v) is 3.95. The molecule has 3 rings (SSSR count). The van der Waals surface area contributed by atoms with Crippen LogP contribution in [0, 0.1) is 6.92 Å². The van der Waals surface area contributed by atoms with Crippen LogP contribution in [0.4, 0.5) is 0 Å². The molecule has 6 nitrogen and oxygen atoms in total. The van der Waals surface area contributed by atoms with Gasteiger partial charge in [0.2, 0.25) is 0 Å². The summed E-state index contributed by atoms with van der Waals surface area (Å²) >= 11 is 1.89. The number of halogens is 1. The molecule has 7 heteroatoms. The molecule has 1 aliphatic carbocycles. The molecule has 2 aliphatic rings.